The molecule has 0 saturated heterocycles. The number of hydrogen-bond donors (Lipinski definition) is 1. The van der Waals surface area contributed by atoms with Crippen LogP contribution in [0.4, 0.5) is 0 Å². The number of hydrogen-bond acceptors (Lipinski definition) is 3. The van der Waals surface area contributed by atoms with Gasteiger partial charge in [0.15, 0.2) is 0 Å². The predicted octanol–water partition coefficient (Wildman–Crippen LogP) is 10.3. The van der Waals surface area contributed by atoms with Crippen molar-refractivity contribution in [3.8, 4) is 22.3 Å². The summed E-state index contributed by atoms with van der Waals surface area (Å²) in [7, 11) is 0. The monoisotopic (exact) mass is 581 g/mol. The fraction of sp³-hybridized carbons (Fsp3) is 0.0250. The third-order valence-corrected chi connectivity index (χ3v) is 9.88. The van der Waals surface area contributed by atoms with Crippen molar-refractivity contribution in [1.82, 2.24) is 9.88 Å². The molecular weight excluding hydrogens is 555 g/mol. The Morgan fingerprint density at radius 3 is 1.89 bits per heavy atom. The zero-order valence-corrected chi connectivity index (χ0v) is 24.7. The highest BCUT2D eigenvalue weighted by atomic mass is 32.1. The Labute approximate surface area is 259 Å². The molecule has 0 amide bonds. The van der Waals surface area contributed by atoms with Crippen LogP contribution < -0.4 is 5.32 Å². The van der Waals surface area contributed by atoms with Gasteiger partial charge in [0, 0.05) is 43.1 Å². The second-order valence-electron chi connectivity index (χ2n) is 11.2. The van der Waals surface area contributed by atoms with Gasteiger partial charge in [0.2, 0.25) is 5.96 Å². The second kappa shape index (κ2) is 10.1. The lowest BCUT2D eigenvalue weighted by molar-refractivity contribution is 0.961. The van der Waals surface area contributed by atoms with E-state index < -0.39 is 0 Å². The highest BCUT2D eigenvalue weighted by Crippen LogP contribution is 2.42. The van der Waals surface area contributed by atoms with E-state index in [1.165, 1.54) is 58.7 Å². The van der Waals surface area contributed by atoms with Gasteiger partial charge in [0.25, 0.3) is 0 Å². The molecule has 6 aromatic carbocycles. The van der Waals surface area contributed by atoms with Crippen molar-refractivity contribution in [2.24, 2.45) is 4.99 Å². The van der Waals surface area contributed by atoms with Gasteiger partial charge < -0.3 is 5.32 Å². The van der Waals surface area contributed by atoms with Gasteiger partial charge in [-0.05, 0) is 46.5 Å². The molecule has 0 unspecified atom stereocenters. The summed E-state index contributed by atoms with van der Waals surface area (Å²) in [5.74, 6) is 0.856. The van der Waals surface area contributed by atoms with E-state index in [-0.39, 0.29) is 0 Å². The standard InChI is InChI=1S/C40H27N3S/c1-2-8-26(9-3-1)27-14-16-28(17-15-27)29-18-20-30(21-19-29)34-24-25-41-40(42-34)43-35-12-6-4-11-33(35)38-36(43)23-22-32-31-10-5-7-13-37(31)44-39(32)38/h1-24H,25H2,(H,41,42). The van der Waals surface area contributed by atoms with Crippen molar-refractivity contribution >= 4 is 65.0 Å². The van der Waals surface area contributed by atoms with Crippen LogP contribution in [0, 0.1) is 0 Å². The topological polar surface area (TPSA) is 29.3 Å². The number of aromatic nitrogens is 1. The molecule has 0 spiro atoms. The smallest absolute Gasteiger partial charge is 0.208 e. The Morgan fingerprint density at radius 2 is 1.14 bits per heavy atom. The van der Waals surface area contributed by atoms with Gasteiger partial charge in [-0.2, -0.15) is 0 Å². The molecule has 3 nitrogen and oxygen atoms in total. The third kappa shape index (κ3) is 3.99. The number of benzene rings is 6. The number of thiophene rings is 1. The molecule has 1 aliphatic heterocycles. The van der Waals surface area contributed by atoms with Gasteiger partial charge in [-0.3, -0.25) is 4.57 Å². The molecule has 0 bridgehead atoms. The van der Waals surface area contributed by atoms with Crippen molar-refractivity contribution in [3.05, 3.63) is 151 Å². The van der Waals surface area contributed by atoms with Gasteiger partial charge in [-0.1, -0.05) is 121 Å². The van der Waals surface area contributed by atoms with Gasteiger partial charge in [-0.25, -0.2) is 4.99 Å². The van der Waals surface area contributed by atoms with Crippen LogP contribution in [-0.2, 0) is 0 Å². The van der Waals surface area contributed by atoms with Crippen molar-refractivity contribution < 1.29 is 0 Å². The summed E-state index contributed by atoms with van der Waals surface area (Å²) in [5.41, 5.74) is 9.30. The molecule has 0 atom stereocenters. The molecule has 9 rings (SSSR count). The lowest BCUT2D eigenvalue weighted by Gasteiger charge is -2.18. The molecule has 1 aliphatic rings. The largest absolute Gasteiger partial charge is 0.352 e. The van der Waals surface area contributed by atoms with E-state index in [4.69, 9.17) is 4.99 Å². The number of aliphatic imine (C=N–C) groups is 1. The molecule has 44 heavy (non-hydrogen) atoms. The molecular formula is C40H27N3S. The van der Waals surface area contributed by atoms with Crippen LogP contribution in [0.3, 0.4) is 0 Å². The summed E-state index contributed by atoms with van der Waals surface area (Å²) in [4.78, 5) is 5.20. The molecule has 8 aromatic rings. The van der Waals surface area contributed by atoms with E-state index in [1.807, 2.05) is 11.3 Å². The maximum absolute atomic E-state index is 5.20. The number of nitrogens with zero attached hydrogens (tertiary/aromatic N) is 2. The van der Waals surface area contributed by atoms with Gasteiger partial charge in [0.05, 0.1) is 16.7 Å². The lowest BCUT2D eigenvalue weighted by Crippen LogP contribution is -2.32. The Hall–Kier alpha value is -5.45. The highest BCUT2D eigenvalue weighted by molar-refractivity contribution is 7.26. The van der Waals surface area contributed by atoms with Crippen molar-refractivity contribution in [3.63, 3.8) is 0 Å². The van der Waals surface area contributed by atoms with Crippen LogP contribution in [0.15, 0.2) is 151 Å². The first kappa shape index (κ1) is 25.1. The second-order valence-corrected chi connectivity index (χ2v) is 12.3. The molecule has 2 aromatic heterocycles. The Kier molecular flexibility index (Phi) is 5.75. The van der Waals surface area contributed by atoms with Crippen LogP contribution >= 0.6 is 11.3 Å². The fourth-order valence-corrected chi connectivity index (χ4v) is 7.79. The maximum atomic E-state index is 5.20. The number of nitrogens with one attached hydrogen (secondary N) is 1. The Morgan fingerprint density at radius 1 is 0.523 bits per heavy atom. The average Bonchev–Trinajstić information content (AvgIpc) is 3.65. The van der Waals surface area contributed by atoms with Gasteiger partial charge in [-0.15, -0.1) is 11.3 Å². The minimum atomic E-state index is 0.718. The van der Waals surface area contributed by atoms with Crippen LogP contribution in [0.5, 0.6) is 0 Å². The van der Waals surface area contributed by atoms with E-state index in [1.54, 1.807) is 0 Å². The number of fused-ring (bicyclic) bond motifs is 7. The highest BCUT2D eigenvalue weighted by Gasteiger charge is 2.20. The van der Waals surface area contributed by atoms with Crippen molar-refractivity contribution in [1.29, 1.82) is 0 Å². The van der Waals surface area contributed by atoms with E-state index in [0.717, 1.165) is 29.3 Å². The van der Waals surface area contributed by atoms with E-state index in [0.29, 0.717) is 0 Å². The third-order valence-electron chi connectivity index (χ3n) is 8.68. The molecule has 4 heteroatoms. The lowest BCUT2D eigenvalue weighted by atomic mass is 9.99. The minimum Gasteiger partial charge on any atom is -0.352 e. The Balaban J connectivity index is 1.10. The summed E-state index contributed by atoms with van der Waals surface area (Å²) in [6, 6.07) is 50.0. The fourth-order valence-electron chi connectivity index (χ4n) is 6.53. The Bertz CT molecular complexity index is 2410. The van der Waals surface area contributed by atoms with Gasteiger partial charge in [0.1, 0.15) is 0 Å². The number of rotatable bonds is 3. The van der Waals surface area contributed by atoms with E-state index in [2.05, 4.69) is 155 Å². The summed E-state index contributed by atoms with van der Waals surface area (Å²) < 4.78 is 4.95. The molecule has 0 aliphatic carbocycles. The maximum Gasteiger partial charge on any atom is 0.208 e. The summed E-state index contributed by atoms with van der Waals surface area (Å²) in [5, 5.41) is 8.76. The molecule has 0 fully saturated rings. The minimum absolute atomic E-state index is 0.718. The van der Waals surface area contributed by atoms with Crippen LogP contribution in [-0.4, -0.2) is 17.1 Å². The van der Waals surface area contributed by atoms with Crippen LogP contribution in [0.2, 0.25) is 0 Å². The normalized spacial score (nSPS) is 13.4. The summed E-state index contributed by atoms with van der Waals surface area (Å²) in [6.07, 6.45) is 2.17. The van der Waals surface area contributed by atoms with E-state index in [9.17, 15) is 0 Å². The first-order chi connectivity index (χ1) is 21.8. The van der Waals surface area contributed by atoms with Gasteiger partial charge >= 0.3 is 0 Å². The quantitative estimate of drug-likeness (QED) is 0.221. The molecule has 3 heterocycles. The average molecular weight is 582 g/mol. The molecule has 0 saturated carbocycles. The first-order valence-electron chi connectivity index (χ1n) is 14.9. The molecule has 0 radical (unpaired) electrons. The summed E-state index contributed by atoms with van der Waals surface area (Å²) >= 11 is 1.88. The van der Waals surface area contributed by atoms with Crippen molar-refractivity contribution in [2.75, 3.05) is 6.54 Å². The molecule has 1 N–H and O–H groups in total. The van der Waals surface area contributed by atoms with Crippen molar-refractivity contribution in [2.45, 2.75) is 0 Å². The van der Waals surface area contributed by atoms with Crippen LogP contribution in [0.1, 0.15) is 5.56 Å². The predicted molar refractivity (Wildman–Crippen MR) is 188 cm³/mol. The molecule has 208 valence electrons. The zero-order chi connectivity index (χ0) is 29.0. The zero-order valence-electron chi connectivity index (χ0n) is 23.9. The SMILES string of the molecule is C1=C(c2ccc(-c3ccc(-c4ccccc4)cc3)cc2)N=C(n2c3ccccc3c3c4sc5ccccc5c4ccc32)NC1. The first-order valence-corrected chi connectivity index (χ1v) is 15.8. The summed E-state index contributed by atoms with van der Waals surface area (Å²) in [6.45, 7) is 0.718. The van der Waals surface area contributed by atoms with E-state index >= 15 is 0 Å². The van der Waals surface area contributed by atoms with Crippen LogP contribution in [0.25, 0.3) is 69.9 Å². The number of para-hydroxylation sites is 1.